The van der Waals surface area contributed by atoms with Crippen LogP contribution in [0.2, 0.25) is 0 Å². The van der Waals surface area contributed by atoms with E-state index < -0.39 is 11.6 Å². The van der Waals surface area contributed by atoms with Gasteiger partial charge in [0.1, 0.15) is 11.6 Å². The van der Waals surface area contributed by atoms with Gasteiger partial charge in [0.15, 0.2) is 0 Å². The third-order valence-corrected chi connectivity index (χ3v) is 5.87. The van der Waals surface area contributed by atoms with Gasteiger partial charge in [-0.25, -0.2) is 8.78 Å². The monoisotopic (exact) mass is 474 g/mol. The lowest BCUT2D eigenvalue weighted by Crippen LogP contribution is -2.36. The second-order valence-electron chi connectivity index (χ2n) is 10.5. The molecule has 0 bridgehead atoms. The highest BCUT2D eigenvalue weighted by Crippen LogP contribution is 2.36. The third kappa shape index (κ3) is 9.51. The summed E-state index contributed by atoms with van der Waals surface area (Å²) in [5.74, 6) is -0.763. The first-order chi connectivity index (χ1) is 16.0. The molecule has 3 rings (SSSR count). The van der Waals surface area contributed by atoms with Crippen molar-refractivity contribution >= 4 is 5.91 Å². The first-order valence-electron chi connectivity index (χ1n) is 12.1. The van der Waals surface area contributed by atoms with E-state index in [9.17, 15) is 18.7 Å². The quantitative estimate of drug-likeness (QED) is 0.480. The maximum atomic E-state index is 12.2. The molecule has 6 heteroatoms. The molecular weight excluding hydrogens is 434 g/mol. The Hall–Kier alpha value is -2.31. The molecule has 2 atom stereocenters. The van der Waals surface area contributed by atoms with Gasteiger partial charge < -0.3 is 15.7 Å². The van der Waals surface area contributed by atoms with Crippen molar-refractivity contribution in [3.05, 3.63) is 70.3 Å². The highest BCUT2D eigenvalue weighted by Gasteiger charge is 2.29. The normalized spacial score (nSPS) is 17.4. The van der Waals surface area contributed by atoms with Crippen LogP contribution in [0.15, 0.2) is 36.4 Å². The van der Waals surface area contributed by atoms with E-state index in [0.717, 1.165) is 38.3 Å². The minimum absolute atomic E-state index is 0.0167. The van der Waals surface area contributed by atoms with Gasteiger partial charge in [-0.2, -0.15) is 0 Å². The Morgan fingerprint density at radius 3 is 2.32 bits per heavy atom. The van der Waals surface area contributed by atoms with Crippen molar-refractivity contribution < 1.29 is 18.7 Å². The summed E-state index contributed by atoms with van der Waals surface area (Å²) in [5, 5.41) is 16.3. The molecule has 188 valence electrons. The standard InChI is InChI=1S/C21H34N2O2.C7H6F2/c1-15(25)22-10-5-11-23-20-18(14-24)9-8-17-7-6-16(12-19(17)20)13-21(2,3)4;1-5-2-6(8)4-7(9)3-5/h6-7,12,18,20,23-24H,5,8-11,13-14H2,1-4H3,(H,22,25);2-4H,1H3. The van der Waals surface area contributed by atoms with Crippen LogP contribution in [0.25, 0.3) is 0 Å². The summed E-state index contributed by atoms with van der Waals surface area (Å²) in [6.07, 6.45) is 4.01. The summed E-state index contributed by atoms with van der Waals surface area (Å²) in [6, 6.07) is 10.5. The van der Waals surface area contributed by atoms with Gasteiger partial charge in [0.05, 0.1) is 0 Å². The van der Waals surface area contributed by atoms with Gasteiger partial charge in [0.25, 0.3) is 0 Å². The highest BCUT2D eigenvalue weighted by molar-refractivity contribution is 5.72. The lowest BCUT2D eigenvalue weighted by Gasteiger charge is -2.34. The zero-order valence-corrected chi connectivity index (χ0v) is 21.2. The topological polar surface area (TPSA) is 61.4 Å². The molecule has 4 nitrogen and oxygen atoms in total. The van der Waals surface area contributed by atoms with Crippen LogP contribution in [-0.2, 0) is 17.6 Å². The van der Waals surface area contributed by atoms with Crippen molar-refractivity contribution in [3.63, 3.8) is 0 Å². The third-order valence-electron chi connectivity index (χ3n) is 5.87. The van der Waals surface area contributed by atoms with Crippen LogP contribution in [0.3, 0.4) is 0 Å². The summed E-state index contributed by atoms with van der Waals surface area (Å²) in [7, 11) is 0. The van der Waals surface area contributed by atoms with E-state index in [1.54, 1.807) is 13.8 Å². The molecule has 0 fully saturated rings. The molecule has 34 heavy (non-hydrogen) atoms. The van der Waals surface area contributed by atoms with Crippen molar-refractivity contribution in [2.75, 3.05) is 19.7 Å². The minimum atomic E-state index is -0.521. The van der Waals surface area contributed by atoms with E-state index in [0.29, 0.717) is 12.1 Å². The second kappa shape index (κ2) is 13.0. The highest BCUT2D eigenvalue weighted by atomic mass is 19.1. The van der Waals surface area contributed by atoms with Crippen LogP contribution in [0.5, 0.6) is 0 Å². The Labute approximate surface area is 203 Å². The zero-order chi connectivity index (χ0) is 25.3. The average Bonchev–Trinajstić information content (AvgIpc) is 2.71. The van der Waals surface area contributed by atoms with Gasteiger partial charge in [-0.15, -0.1) is 0 Å². The largest absolute Gasteiger partial charge is 0.396 e. The molecule has 0 saturated carbocycles. The van der Waals surface area contributed by atoms with Crippen LogP contribution in [0, 0.1) is 29.9 Å². The number of nitrogens with one attached hydrogen (secondary N) is 2. The molecular formula is C28H40F2N2O2. The number of amides is 1. The van der Waals surface area contributed by atoms with Gasteiger partial charge in [-0.1, -0.05) is 39.0 Å². The number of carbonyl (C=O) groups is 1. The minimum Gasteiger partial charge on any atom is -0.396 e. The van der Waals surface area contributed by atoms with Crippen molar-refractivity contribution in [2.24, 2.45) is 11.3 Å². The predicted molar refractivity (Wildman–Crippen MR) is 134 cm³/mol. The summed E-state index contributed by atoms with van der Waals surface area (Å²) < 4.78 is 24.4. The van der Waals surface area contributed by atoms with Crippen molar-refractivity contribution in [2.45, 2.75) is 66.3 Å². The first kappa shape index (κ1) is 27.9. The Kier molecular flexibility index (Phi) is 10.6. The predicted octanol–water partition coefficient (Wildman–Crippen LogP) is 5.26. The number of hydrogen-bond acceptors (Lipinski definition) is 3. The van der Waals surface area contributed by atoms with Crippen LogP contribution in [-0.4, -0.2) is 30.7 Å². The fourth-order valence-electron chi connectivity index (χ4n) is 4.42. The lowest BCUT2D eigenvalue weighted by molar-refractivity contribution is -0.118. The van der Waals surface area contributed by atoms with E-state index in [2.05, 4.69) is 49.6 Å². The van der Waals surface area contributed by atoms with Gasteiger partial charge in [-0.05, 0) is 79.0 Å². The van der Waals surface area contributed by atoms with Crippen LogP contribution < -0.4 is 10.6 Å². The molecule has 2 unspecified atom stereocenters. The molecule has 0 aliphatic heterocycles. The number of rotatable bonds is 7. The van der Waals surface area contributed by atoms with E-state index in [1.165, 1.54) is 28.8 Å². The van der Waals surface area contributed by atoms with Crippen LogP contribution >= 0.6 is 0 Å². The molecule has 2 aromatic carbocycles. The van der Waals surface area contributed by atoms with Gasteiger partial charge in [0, 0.05) is 38.1 Å². The van der Waals surface area contributed by atoms with E-state index in [1.807, 2.05) is 0 Å². The zero-order valence-electron chi connectivity index (χ0n) is 21.2. The number of halogens is 2. The smallest absolute Gasteiger partial charge is 0.216 e. The Balaban J connectivity index is 0.000000379. The summed E-state index contributed by atoms with van der Waals surface area (Å²) in [5.41, 5.74) is 5.00. The first-order valence-corrected chi connectivity index (χ1v) is 12.1. The average molecular weight is 475 g/mol. The molecule has 0 aromatic heterocycles. The Morgan fingerprint density at radius 2 is 1.76 bits per heavy atom. The van der Waals surface area contributed by atoms with Crippen molar-refractivity contribution in [1.82, 2.24) is 10.6 Å². The fraction of sp³-hybridized carbons (Fsp3) is 0.536. The fourth-order valence-corrected chi connectivity index (χ4v) is 4.42. The van der Waals surface area contributed by atoms with Gasteiger partial charge >= 0.3 is 0 Å². The molecule has 0 spiro atoms. The summed E-state index contributed by atoms with van der Waals surface area (Å²) in [6.45, 7) is 11.7. The second-order valence-corrected chi connectivity index (χ2v) is 10.5. The molecule has 1 aliphatic rings. The Morgan fingerprint density at radius 1 is 1.09 bits per heavy atom. The summed E-state index contributed by atoms with van der Waals surface area (Å²) >= 11 is 0. The van der Waals surface area contributed by atoms with Crippen LogP contribution in [0.1, 0.15) is 68.8 Å². The Bertz CT molecular complexity index is 890. The number of aryl methyl sites for hydroxylation is 2. The lowest BCUT2D eigenvalue weighted by atomic mass is 9.78. The molecule has 1 amide bonds. The maximum absolute atomic E-state index is 12.2. The number of benzene rings is 2. The SMILES string of the molecule is CC(=O)NCCCNC1c2cc(CC(C)(C)C)ccc2CCC1CO.Cc1cc(F)cc(F)c1. The number of carbonyl (C=O) groups excluding carboxylic acids is 1. The van der Waals surface area contributed by atoms with Crippen molar-refractivity contribution in [1.29, 1.82) is 0 Å². The molecule has 0 radical (unpaired) electrons. The van der Waals surface area contributed by atoms with Gasteiger partial charge in [0.2, 0.25) is 5.91 Å². The van der Waals surface area contributed by atoms with E-state index in [-0.39, 0.29) is 29.9 Å². The molecule has 2 aromatic rings. The van der Waals surface area contributed by atoms with Gasteiger partial charge in [-0.3, -0.25) is 4.79 Å². The summed E-state index contributed by atoms with van der Waals surface area (Å²) in [4.78, 5) is 11.0. The molecule has 0 saturated heterocycles. The van der Waals surface area contributed by atoms with E-state index in [4.69, 9.17) is 0 Å². The number of aliphatic hydroxyl groups excluding tert-OH is 1. The molecule has 1 aliphatic carbocycles. The van der Waals surface area contributed by atoms with E-state index >= 15 is 0 Å². The van der Waals surface area contributed by atoms with Crippen LogP contribution in [0.4, 0.5) is 8.78 Å². The van der Waals surface area contributed by atoms with Crippen molar-refractivity contribution in [3.8, 4) is 0 Å². The molecule has 3 N–H and O–H groups in total. The number of aliphatic hydroxyl groups is 1. The number of hydrogen-bond donors (Lipinski definition) is 3. The molecule has 0 heterocycles. The number of fused-ring (bicyclic) bond motifs is 1. The maximum Gasteiger partial charge on any atom is 0.216 e.